The molecule has 25 heavy (non-hydrogen) atoms. The van der Waals surface area contributed by atoms with Crippen molar-refractivity contribution < 1.29 is 23.7 Å². The van der Waals surface area contributed by atoms with Gasteiger partial charge >= 0.3 is 5.97 Å². The van der Waals surface area contributed by atoms with Gasteiger partial charge in [0.1, 0.15) is 11.5 Å². The van der Waals surface area contributed by atoms with Gasteiger partial charge < -0.3 is 23.9 Å². The van der Waals surface area contributed by atoms with Gasteiger partial charge in [-0.25, -0.2) is 0 Å². The van der Waals surface area contributed by atoms with E-state index in [4.69, 9.17) is 18.9 Å². The molecule has 2 aromatic rings. The average Bonchev–Trinajstić information content (AvgIpc) is 2.60. The van der Waals surface area contributed by atoms with Crippen molar-refractivity contribution in [1.82, 2.24) is 4.98 Å². The summed E-state index contributed by atoms with van der Waals surface area (Å²) in [7, 11) is 4.43. The van der Waals surface area contributed by atoms with Gasteiger partial charge in [0.2, 0.25) is 0 Å². The fourth-order valence-corrected chi connectivity index (χ4v) is 3.52. The molecular weight excluding hydrogens is 326 g/mol. The van der Waals surface area contributed by atoms with E-state index in [-0.39, 0.29) is 30.0 Å². The van der Waals surface area contributed by atoms with E-state index < -0.39 is 0 Å². The zero-order valence-electron chi connectivity index (χ0n) is 14.7. The summed E-state index contributed by atoms with van der Waals surface area (Å²) in [5.41, 5.74) is 2.08. The molecule has 1 aliphatic heterocycles. The highest BCUT2D eigenvalue weighted by molar-refractivity contribution is 5.93. The Balaban J connectivity index is 2.25. The van der Waals surface area contributed by atoms with Crippen LogP contribution in [-0.2, 0) is 20.7 Å². The molecule has 7 nitrogen and oxygen atoms in total. The Labute approximate surface area is 144 Å². The van der Waals surface area contributed by atoms with Crippen molar-refractivity contribution in [3.05, 3.63) is 33.6 Å². The third kappa shape index (κ3) is 2.84. The first-order valence-corrected chi connectivity index (χ1v) is 8.02. The SMILES string of the molecule is COC(=O)C[C@H]1Cc2c(c(OC)c3[nH]ccc(=O)c3c2OC)[C@@H](C)O1. The van der Waals surface area contributed by atoms with E-state index in [0.29, 0.717) is 28.8 Å². The van der Waals surface area contributed by atoms with Gasteiger partial charge in [-0.05, 0) is 6.92 Å². The molecular formula is C18H21NO6. The molecule has 0 aliphatic carbocycles. The summed E-state index contributed by atoms with van der Waals surface area (Å²) in [5, 5.41) is 0.437. The third-order valence-corrected chi connectivity index (χ3v) is 4.52. The van der Waals surface area contributed by atoms with E-state index in [1.807, 2.05) is 6.92 Å². The van der Waals surface area contributed by atoms with Crippen LogP contribution in [0, 0.1) is 0 Å². The van der Waals surface area contributed by atoms with Crippen LogP contribution < -0.4 is 14.9 Å². The van der Waals surface area contributed by atoms with Gasteiger partial charge in [-0.2, -0.15) is 0 Å². The summed E-state index contributed by atoms with van der Waals surface area (Å²) in [5.74, 6) is 0.718. The van der Waals surface area contributed by atoms with E-state index in [9.17, 15) is 9.59 Å². The first-order valence-electron chi connectivity index (χ1n) is 8.02. The number of pyridine rings is 1. The predicted octanol–water partition coefficient (Wildman–Crippen LogP) is 2.11. The molecule has 0 saturated carbocycles. The van der Waals surface area contributed by atoms with Crippen molar-refractivity contribution in [2.45, 2.75) is 32.0 Å². The number of methoxy groups -OCH3 is 3. The zero-order chi connectivity index (χ0) is 18.1. The maximum Gasteiger partial charge on any atom is 0.308 e. The summed E-state index contributed by atoms with van der Waals surface area (Å²) >= 11 is 0. The van der Waals surface area contributed by atoms with Gasteiger partial charge in [0.25, 0.3) is 0 Å². The molecule has 2 heterocycles. The highest BCUT2D eigenvalue weighted by Crippen LogP contribution is 2.46. The number of fused-ring (bicyclic) bond motifs is 2. The maximum atomic E-state index is 12.4. The number of benzene rings is 1. The lowest BCUT2D eigenvalue weighted by atomic mass is 9.89. The molecule has 0 saturated heterocycles. The van der Waals surface area contributed by atoms with Crippen molar-refractivity contribution in [2.75, 3.05) is 21.3 Å². The lowest BCUT2D eigenvalue weighted by molar-refractivity contribution is -0.145. The molecule has 0 bridgehead atoms. The van der Waals surface area contributed by atoms with Crippen LogP contribution in [0.2, 0.25) is 0 Å². The van der Waals surface area contributed by atoms with Gasteiger partial charge in [0.05, 0.1) is 50.9 Å². The summed E-state index contributed by atoms with van der Waals surface area (Å²) in [6, 6.07) is 1.45. The lowest BCUT2D eigenvalue weighted by Crippen LogP contribution is -2.29. The summed E-state index contributed by atoms with van der Waals surface area (Å²) < 4.78 is 21.9. The van der Waals surface area contributed by atoms with Gasteiger partial charge in [-0.15, -0.1) is 0 Å². The Kier molecular flexibility index (Phi) is 4.67. The van der Waals surface area contributed by atoms with Crippen LogP contribution in [0.25, 0.3) is 10.9 Å². The van der Waals surface area contributed by atoms with E-state index in [1.54, 1.807) is 13.3 Å². The number of carbonyl (C=O) groups excluding carboxylic acids is 1. The third-order valence-electron chi connectivity index (χ3n) is 4.52. The number of nitrogens with one attached hydrogen (secondary N) is 1. The minimum Gasteiger partial charge on any atom is -0.496 e. The molecule has 0 unspecified atom stereocenters. The molecule has 0 spiro atoms. The number of hydrogen-bond donors (Lipinski definition) is 1. The summed E-state index contributed by atoms with van der Waals surface area (Å²) in [6.45, 7) is 1.89. The standard InChI is InChI=1S/C18H21NO6/c1-9-14-11(7-10(25-9)8-13(21)22-2)17(23-3)15-12(20)5-6-19-16(15)18(14)24-4/h5-6,9-10H,7-8H2,1-4H3,(H,19,20)/t9-,10-/m1/s1. The number of aromatic amines is 1. The molecule has 1 aromatic carbocycles. The van der Waals surface area contributed by atoms with E-state index in [2.05, 4.69) is 4.98 Å². The second-order valence-corrected chi connectivity index (χ2v) is 5.94. The smallest absolute Gasteiger partial charge is 0.308 e. The second-order valence-electron chi connectivity index (χ2n) is 5.94. The molecule has 1 aliphatic rings. The first-order chi connectivity index (χ1) is 12.0. The average molecular weight is 347 g/mol. The Morgan fingerprint density at radius 3 is 2.64 bits per heavy atom. The van der Waals surface area contributed by atoms with Crippen molar-refractivity contribution in [1.29, 1.82) is 0 Å². The van der Waals surface area contributed by atoms with Crippen LogP contribution in [0.4, 0.5) is 0 Å². The zero-order valence-corrected chi connectivity index (χ0v) is 14.7. The van der Waals surface area contributed by atoms with Crippen molar-refractivity contribution in [2.24, 2.45) is 0 Å². The fourth-order valence-electron chi connectivity index (χ4n) is 3.52. The van der Waals surface area contributed by atoms with E-state index in [0.717, 1.165) is 11.1 Å². The highest BCUT2D eigenvalue weighted by Gasteiger charge is 2.34. The van der Waals surface area contributed by atoms with Crippen LogP contribution in [-0.4, -0.2) is 38.4 Å². The van der Waals surface area contributed by atoms with Gasteiger partial charge in [-0.3, -0.25) is 9.59 Å². The normalized spacial score (nSPS) is 19.4. The Bertz CT molecular complexity index is 872. The molecule has 1 N–H and O–H groups in total. The number of esters is 1. The number of ether oxygens (including phenoxy) is 4. The largest absolute Gasteiger partial charge is 0.496 e. The molecule has 134 valence electrons. The molecule has 3 rings (SSSR count). The quantitative estimate of drug-likeness (QED) is 0.853. The monoisotopic (exact) mass is 347 g/mol. The van der Waals surface area contributed by atoms with Gasteiger partial charge in [-0.1, -0.05) is 0 Å². The first kappa shape index (κ1) is 17.3. The van der Waals surface area contributed by atoms with Crippen molar-refractivity contribution in [3.63, 3.8) is 0 Å². The van der Waals surface area contributed by atoms with Crippen LogP contribution in [0.3, 0.4) is 0 Å². The Morgan fingerprint density at radius 1 is 1.28 bits per heavy atom. The van der Waals surface area contributed by atoms with Crippen LogP contribution in [0.1, 0.15) is 30.6 Å². The molecule has 7 heteroatoms. The topological polar surface area (TPSA) is 86.9 Å². The molecule has 0 amide bonds. The lowest BCUT2D eigenvalue weighted by Gasteiger charge is -2.32. The van der Waals surface area contributed by atoms with Crippen LogP contribution >= 0.6 is 0 Å². The number of carbonyl (C=O) groups is 1. The Morgan fingerprint density at radius 2 is 2.00 bits per heavy atom. The van der Waals surface area contributed by atoms with E-state index in [1.165, 1.54) is 20.3 Å². The van der Waals surface area contributed by atoms with Crippen molar-refractivity contribution in [3.8, 4) is 11.5 Å². The molecule has 2 atom stereocenters. The molecule has 0 fully saturated rings. The molecule has 0 radical (unpaired) electrons. The van der Waals surface area contributed by atoms with E-state index >= 15 is 0 Å². The van der Waals surface area contributed by atoms with Gasteiger partial charge in [0, 0.05) is 29.8 Å². The molecule has 1 aromatic heterocycles. The number of rotatable bonds is 4. The summed E-state index contributed by atoms with van der Waals surface area (Å²) in [4.78, 5) is 27.1. The number of H-pyrrole nitrogens is 1. The minimum atomic E-state index is -0.353. The number of hydrogen-bond acceptors (Lipinski definition) is 6. The van der Waals surface area contributed by atoms with Gasteiger partial charge in [0.15, 0.2) is 5.43 Å². The van der Waals surface area contributed by atoms with Crippen molar-refractivity contribution >= 4 is 16.9 Å². The Hall–Kier alpha value is -2.54. The predicted molar refractivity (Wildman–Crippen MR) is 91.3 cm³/mol. The maximum absolute atomic E-state index is 12.4. The van der Waals surface area contributed by atoms with Crippen LogP contribution in [0.15, 0.2) is 17.1 Å². The second kappa shape index (κ2) is 6.76. The number of aromatic nitrogens is 1. The fraction of sp³-hybridized carbons (Fsp3) is 0.444. The summed E-state index contributed by atoms with van der Waals surface area (Å²) in [6.07, 6.45) is 1.46. The highest BCUT2D eigenvalue weighted by atomic mass is 16.5. The van der Waals surface area contributed by atoms with Crippen LogP contribution in [0.5, 0.6) is 11.5 Å². The minimum absolute atomic E-state index is 0.134.